The molecule has 6 aromatic carbocycles. The van der Waals surface area contributed by atoms with Gasteiger partial charge in [-0.3, -0.25) is 0 Å². The molecule has 0 aliphatic rings. The fourth-order valence-electron chi connectivity index (χ4n) is 6.52. The van der Waals surface area contributed by atoms with E-state index in [9.17, 15) is 10.5 Å². The van der Waals surface area contributed by atoms with Gasteiger partial charge in [0.15, 0.2) is 0 Å². The zero-order valence-corrected chi connectivity index (χ0v) is 23.8. The molecule has 8 aromatic rings. The fraction of sp³-hybridized carbons (Fsp3) is 0.0256. The number of hydrogen-bond donors (Lipinski definition) is 0. The first-order valence-corrected chi connectivity index (χ1v) is 14.3. The smallest absolute Gasteiger partial charge is 0.119 e. The van der Waals surface area contributed by atoms with E-state index < -0.39 is 0 Å². The highest BCUT2D eigenvalue weighted by atomic mass is 16.5. The van der Waals surface area contributed by atoms with Crippen LogP contribution in [0.15, 0.2) is 127 Å². The topological polar surface area (TPSA) is 66.7 Å². The van der Waals surface area contributed by atoms with Gasteiger partial charge in [0.1, 0.15) is 17.9 Å². The predicted molar refractivity (Wildman–Crippen MR) is 177 cm³/mol. The van der Waals surface area contributed by atoms with E-state index in [2.05, 4.69) is 102 Å². The van der Waals surface area contributed by atoms with E-state index >= 15 is 0 Å². The van der Waals surface area contributed by atoms with Crippen LogP contribution in [0.1, 0.15) is 11.1 Å². The maximum Gasteiger partial charge on any atom is 0.119 e. The van der Waals surface area contributed by atoms with Crippen molar-refractivity contribution in [2.75, 3.05) is 7.11 Å². The number of para-hydroxylation sites is 3. The molecule has 2 aromatic heterocycles. The molecule has 2 heterocycles. The number of fused-ring (bicyclic) bond motifs is 6. The molecule has 0 amide bonds. The van der Waals surface area contributed by atoms with Crippen molar-refractivity contribution in [3.8, 4) is 40.4 Å². The second-order valence-electron chi connectivity index (χ2n) is 10.8. The Morgan fingerprint density at radius 3 is 1.86 bits per heavy atom. The van der Waals surface area contributed by atoms with Crippen LogP contribution in [0.4, 0.5) is 0 Å². The van der Waals surface area contributed by atoms with E-state index in [1.807, 2.05) is 28.8 Å². The monoisotopic (exact) mass is 564 g/mol. The number of hydrogen-bond acceptors (Lipinski definition) is 3. The van der Waals surface area contributed by atoms with Crippen LogP contribution in [-0.4, -0.2) is 16.2 Å². The van der Waals surface area contributed by atoms with Crippen LogP contribution >= 0.6 is 0 Å². The van der Waals surface area contributed by atoms with Gasteiger partial charge >= 0.3 is 0 Å². The maximum atomic E-state index is 10.0. The Labute approximate surface area is 253 Å². The minimum Gasteiger partial charge on any atom is -0.497 e. The summed E-state index contributed by atoms with van der Waals surface area (Å²) in [5.74, 6) is 0.741. The highest BCUT2D eigenvalue weighted by Crippen LogP contribution is 2.40. The van der Waals surface area contributed by atoms with Gasteiger partial charge in [-0.1, -0.05) is 60.7 Å². The number of nitrogens with zero attached hydrogens (tertiary/aromatic N) is 4. The third-order valence-corrected chi connectivity index (χ3v) is 8.49. The van der Waals surface area contributed by atoms with E-state index in [4.69, 9.17) is 4.74 Å². The van der Waals surface area contributed by atoms with E-state index in [1.165, 1.54) is 16.3 Å². The zero-order chi connectivity index (χ0) is 29.8. The molecule has 0 radical (unpaired) electrons. The number of rotatable bonds is 4. The lowest BCUT2D eigenvalue weighted by atomic mass is 10.0. The maximum absolute atomic E-state index is 10.0. The number of benzene rings is 6. The Bertz CT molecular complexity index is 2470. The lowest BCUT2D eigenvalue weighted by Gasteiger charge is -2.12. The molecule has 0 unspecified atom stereocenters. The van der Waals surface area contributed by atoms with E-state index in [-0.39, 0.29) is 0 Å². The average Bonchev–Trinajstić information content (AvgIpc) is 3.59. The summed E-state index contributed by atoms with van der Waals surface area (Å²) in [5.41, 5.74) is 8.88. The van der Waals surface area contributed by atoms with Crippen LogP contribution in [0.25, 0.3) is 66.1 Å². The Balaban J connectivity index is 1.41. The van der Waals surface area contributed by atoms with Gasteiger partial charge in [-0.05, 0) is 77.9 Å². The molecule has 44 heavy (non-hydrogen) atoms. The van der Waals surface area contributed by atoms with Gasteiger partial charge in [0.05, 0.1) is 46.0 Å². The average molecular weight is 565 g/mol. The first kappa shape index (κ1) is 25.4. The Hall–Kier alpha value is -6.30. The Morgan fingerprint density at radius 2 is 1.11 bits per heavy atom. The normalized spacial score (nSPS) is 11.2. The summed E-state index contributed by atoms with van der Waals surface area (Å²) in [6.07, 6.45) is 0. The number of nitriles is 2. The molecule has 0 fully saturated rings. The van der Waals surface area contributed by atoms with Gasteiger partial charge in [0, 0.05) is 27.2 Å². The molecular formula is C39H24N4O. The minimum absolute atomic E-state index is 0.446. The summed E-state index contributed by atoms with van der Waals surface area (Å²) in [4.78, 5) is 0. The van der Waals surface area contributed by atoms with Crippen LogP contribution < -0.4 is 4.74 Å². The quantitative estimate of drug-likeness (QED) is 0.214. The molecule has 0 saturated heterocycles. The van der Waals surface area contributed by atoms with Crippen molar-refractivity contribution in [2.24, 2.45) is 0 Å². The van der Waals surface area contributed by atoms with Crippen LogP contribution in [0, 0.1) is 22.7 Å². The summed E-state index contributed by atoms with van der Waals surface area (Å²) >= 11 is 0. The van der Waals surface area contributed by atoms with Crippen LogP contribution in [0.3, 0.4) is 0 Å². The van der Waals surface area contributed by atoms with Crippen LogP contribution in [-0.2, 0) is 0 Å². The molecule has 206 valence electrons. The highest BCUT2D eigenvalue weighted by Gasteiger charge is 2.20. The molecule has 0 N–H and O–H groups in total. The molecular weight excluding hydrogens is 540 g/mol. The van der Waals surface area contributed by atoms with Crippen molar-refractivity contribution in [1.29, 1.82) is 10.5 Å². The van der Waals surface area contributed by atoms with Crippen molar-refractivity contribution in [2.45, 2.75) is 0 Å². The molecule has 0 atom stereocenters. The van der Waals surface area contributed by atoms with Crippen molar-refractivity contribution in [1.82, 2.24) is 9.13 Å². The lowest BCUT2D eigenvalue weighted by molar-refractivity contribution is 0.415. The second kappa shape index (κ2) is 9.91. The lowest BCUT2D eigenvalue weighted by Crippen LogP contribution is -2.01. The van der Waals surface area contributed by atoms with Gasteiger partial charge in [-0.15, -0.1) is 0 Å². The largest absolute Gasteiger partial charge is 0.497 e. The van der Waals surface area contributed by atoms with Crippen molar-refractivity contribution in [3.05, 3.63) is 139 Å². The summed E-state index contributed by atoms with van der Waals surface area (Å²) in [5, 5.41) is 24.4. The first-order chi connectivity index (χ1) is 21.7. The minimum atomic E-state index is 0.446. The fourth-order valence-corrected chi connectivity index (χ4v) is 6.52. The molecule has 8 rings (SSSR count). The Morgan fingerprint density at radius 1 is 0.500 bits per heavy atom. The van der Waals surface area contributed by atoms with Gasteiger partial charge < -0.3 is 13.9 Å². The summed E-state index contributed by atoms with van der Waals surface area (Å²) in [6.45, 7) is 0. The molecule has 5 heteroatoms. The van der Waals surface area contributed by atoms with E-state index in [0.717, 1.165) is 49.9 Å². The predicted octanol–water partition coefficient (Wildman–Crippen LogP) is 9.30. The number of aromatic nitrogens is 2. The van der Waals surface area contributed by atoms with Crippen LogP contribution in [0.5, 0.6) is 5.75 Å². The summed E-state index contributed by atoms with van der Waals surface area (Å²) < 4.78 is 9.96. The standard InChI is InChI=1S/C39H24N4O/c1-44-30-16-19-37-34(22-30)33-20-25(15-18-36(33)43(37)39-27(23-40)8-7-9-28(39)24-41)26-14-17-32-31-12-5-6-13-35(31)42(38(32)21-26)29-10-3-2-4-11-29/h2-22H,1H3. The third kappa shape index (κ3) is 3.71. The van der Waals surface area contributed by atoms with Gasteiger partial charge in [-0.25, -0.2) is 0 Å². The first-order valence-electron chi connectivity index (χ1n) is 14.3. The third-order valence-electron chi connectivity index (χ3n) is 8.49. The Kier molecular flexibility index (Phi) is 5.72. The molecule has 0 saturated carbocycles. The molecule has 0 aliphatic carbocycles. The van der Waals surface area contributed by atoms with Crippen molar-refractivity contribution < 1.29 is 4.74 Å². The van der Waals surface area contributed by atoms with Crippen molar-refractivity contribution >= 4 is 43.6 Å². The van der Waals surface area contributed by atoms with E-state index in [0.29, 0.717) is 16.8 Å². The van der Waals surface area contributed by atoms with Gasteiger partial charge in [-0.2, -0.15) is 10.5 Å². The molecule has 0 aliphatic heterocycles. The SMILES string of the molecule is COc1ccc2c(c1)c1cc(-c3ccc4c5ccccc5n(-c5ccccc5)c4c3)ccc1n2-c1c(C#N)cccc1C#N. The van der Waals surface area contributed by atoms with Crippen LogP contribution in [0.2, 0.25) is 0 Å². The summed E-state index contributed by atoms with van der Waals surface area (Å²) in [6, 6.07) is 47.8. The van der Waals surface area contributed by atoms with Gasteiger partial charge in [0.2, 0.25) is 0 Å². The zero-order valence-electron chi connectivity index (χ0n) is 23.8. The van der Waals surface area contributed by atoms with Crippen molar-refractivity contribution in [3.63, 3.8) is 0 Å². The number of ether oxygens (including phenoxy) is 1. The summed E-state index contributed by atoms with van der Waals surface area (Å²) in [7, 11) is 1.66. The highest BCUT2D eigenvalue weighted by molar-refractivity contribution is 6.13. The van der Waals surface area contributed by atoms with E-state index in [1.54, 1.807) is 25.3 Å². The molecule has 0 bridgehead atoms. The number of methoxy groups -OCH3 is 1. The van der Waals surface area contributed by atoms with Gasteiger partial charge in [0.25, 0.3) is 0 Å². The molecule has 0 spiro atoms. The molecule has 5 nitrogen and oxygen atoms in total. The second-order valence-corrected chi connectivity index (χ2v) is 10.8.